The van der Waals surface area contributed by atoms with Crippen molar-refractivity contribution >= 4 is 12.3 Å². The topological polar surface area (TPSA) is 93.1 Å². The minimum atomic E-state index is -1.69. The number of carbonyl (C=O) groups is 2. The Kier molecular flexibility index (Phi) is 5.47. The number of ether oxygens (including phenoxy) is 2. The fourth-order valence-electron chi connectivity index (χ4n) is 1.55. The molecule has 0 heterocycles. The lowest BCUT2D eigenvalue weighted by Crippen LogP contribution is -2.29. The number of hydrogen-bond donors (Lipinski definition) is 2. The molecule has 0 aliphatic rings. The predicted molar refractivity (Wildman–Crippen MR) is 66.0 cm³/mol. The summed E-state index contributed by atoms with van der Waals surface area (Å²) in [6.45, 7) is 1.70. The maximum atomic E-state index is 11.3. The predicted octanol–water partition coefficient (Wildman–Crippen LogP) is 0.465. The molecule has 1 rings (SSSR count). The second-order valence-corrected chi connectivity index (χ2v) is 3.76. The monoisotopic (exact) mass is 268 g/mol. The number of rotatable bonds is 6. The Hall–Kier alpha value is -1.92. The Morgan fingerprint density at radius 2 is 2.11 bits per heavy atom. The van der Waals surface area contributed by atoms with Crippen LogP contribution >= 0.6 is 0 Å². The second-order valence-electron chi connectivity index (χ2n) is 3.76. The van der Waals surface area contributed by atoms with Gasteiger partial charge < -0.3 is 19.7 Å². The van der Waals surface area contributed by atoms with Gasteiger partial charge in [-0.05, 0) is 24.6 Å². The normalized spacial score (nSPS) is 13.5. The van der Waals surface area contributed by atoms with Gasteiger partial charge >= 0.3 is 5.97 Å². The number of methoxy groups -OCH3 is 1. The SMILES string of the molecule is CCOC(=O)C(O)C(O)c1ccc(C=O)c(OC)c1. The smallest absolute Gasteiger partial charge is 0.338 e. The number of benzene rings is 1. The van der Waals surface area contributed by atoms with E-state index in [0.717, 1.165) is 0 Å². The van der Waals surface area contributed by atoms with Gasteiger partial charge in [0.25, 0.3) is 0 Å². The van der Waals surface area contributed by atoms with Crippen LogP contribution in [0.4, 0.5) is 0 Å². The summed E-state index contributed by atoms with van der Waals surface area (Å²) in [4.78, 5) is 22.0. The third-order valence-electron chi connectivity index (χ3n) is 2.55. The maximum absolute atomic E-state index is 11.3. The molecule has 2 atom stereocenters. The third kappa shape index (κ3) is 3.52. The van der Waals surface area contributed by atoms with E-state index in [9.17, 15) is 19.8 Å². The van der Waals surface area contributed by atoms with Crippen LogP contribution in [-0.4, -0.2) is 42.3 Å². The minimum Gasteiger partial charge on any atom is -0.496 e. The van der Waals surface area contributed by atoms with Crippen molar-refractivity contribution in [1.29, 1.82) is 0 Å². The van der Waals surface area contributed by atoms with E-state index in [1.807, 2.05) is 0 Å². The molecule has 104 valence electrons. The van der Waals surface area contributed by atoms with Gasteiger partial charge in [0.15, 0.2) is 12.4 Å². The first-order valence-electron chi connectivity index (χ1n) is 5.71. The molecule has 0 aromatic heterocycles. The van der Waals surface area contributed by atoms with Gasteiger partial charge in [-0.2, -0.15) is 0 Å². The molecule has 0 bridgehead atoms. The first kappa shape index (κ1) is 15.1. The van der Waals surface area contributed by atoms with Gasteiger partial charge in [-0.25, -0.2) is 4.79 Å². The zero-order chi connectivity index (χ0) is 14.4. The molecule has 1 aromatic carbocycles. The highest BCUT2D eigenvalue weighted by Gasteiger charge is 2.27. The van der Waals surface area contributed by atoms with E-state index in [4.69, 9.17) is 4.74 Å². The maximum Gasteiger partial charge on any atom is 0.338 e. The summed E-state index contributed by atoms with van der Waals surface area (Å²) in [5.41, 5.74) is 0.562. The average Bonchev–Trinajstić information content (AvgIpc) is 2.45. The summed E-state index contributed by atoms with van der Waals surface area (Å²) in [6.07, 6.45) is -2.53. The molecule has 2 N–H and O–H groups in total. The summed E-state index contributed by atoms with van der Waals surface area (Å²) in [7, 11) is 1.38. The van der Waals surface area contributed by atoms with Crippen LogP contribution in [0.2, 0.25) is 0 Å². The molecule has 0 saturated heterocycles. The Morgan fingerprint density at radius 1 is 1.42 bits per heavy atom. The quantitative estimate of drug-likeness (QED) is 0.575. The van der Waals surface area contributed by atoms with Crippen LogP contribution < -0.4 is 4.74 Å². The lowest BCUT2D eigenvalue weighted by Gasteiger charge is -2.17. The van der Waals surface area contributed by atoms with Gasteiger partial charge in [0.05, 0.1) is 19.3 Å². The average molecular weight is 268 g/mol. The van der Waals surface area contributed by atoms with Crippen molar-refractivity contribution in [2.24, 2.45) is 0 Å². The van der Waals surface area contributed by atoms with E-state index in [2.05, 4.69) is 4.74 Å². The lowest BCUT2D eigenvalue weighted by molar-refractivity contribution is -0.159. The standard InChI is InChI=1S/C13H16O6/c1-3-19-13(17)12(16)11(15)8-4-5-9(7-14)10(6-8)18-2/h4-7,11-12,15-16H,3H2,1-2H3. The Balaban J connectivity index is 2.96. The highest BCUT2D eigenvalue weighted by atomic mass is 16.5. The number of hydrogen-bond acceptors (Lipinski definition) is 6. The molecule has 6 nitrogen and oxygen atoms in total. The molecule has 19 heavy (non-hydrogen) atoms. The number of esters is 1. The molecule has 0 saturated carbocycles. The van der Waals surface area contributed by atoms with Gasteiger partial charge in [-0.3, -0.25) is 4.79 Å². The van der Waals surface area contributed by atoms with E-state index < -0.39 is 18.2 Å². The third-order valence-corrected chi connectivity index (χ3v) is 2.55. The Morgan fingerprint density at radius 3 is 2.63 bits per heavy atom. The highest BCUT2D eigenvalue weighted by Crippen LogP contribution is 2.25. The van der Waals surface area contributed by atoms with Crippen molar-refractivity contribution in [2.45, 2.75) is 19.1 Å². The number of aliphatic hydroxyl groups is 2. The van der Waals surface area contributed by atoms with Crippen molar-refractivity contribution in [3.63, 3.8) is 0 Å². The van der Waals surface area contributed by atoms with Crippen molar-refractivity contribution in [3.05, 3.63) is 29.3 Å². The number of carbonyl (C=O) groups excluding carboxylic acids is 2. The lowest BCUT2D eigenvalue weighted by atomic mass is 10.0. The number of aldehydes is 1. The van der Waals surface area contributed by atoms with Crippen LogP contribution in [0.1, 0.15) is 28.9 Å². The minimum absolute atomic E-state index is 0.107. The molecule has 0 fully saturated rings. The van der Waals surface area contributed by atoms with Crippen LogP contribution in [0.3, 0.4) is 0 Å². The highest BCUT2D eigenvalue weighted by molar-refractivity contribution is 5.80. The molecular formula is C13H16O6. The first-order chi connectivity index (χ1) is 9.04. The largest absolute Gasteiger partial charge is 0.496 e. The molecule has 2 unspecified atom stereocenters. The fraction of sp³-hybridized carbons (Fsp3) is 0.385. The molecule has 1 aromatic rings. The van der Waals surface area contributed by atoms with Gasteiger partial charge in [-0.1, -0.05) is 6.07 Å². The fourth-order valence-corrected chi connectivity index (χ4v) is 1.55. The van der Waals surface area contributed by atoms with Crippen LogP contribution in [0.15, 0.2) is 18.2 Å². The summed E-state index contributed by atoms with van der Waals surface area (Å²) in [5, 5.41) is 19.5. The second kappa shape index (κ2) is 6.86. The molecule has 6 heteroatoms. The van der Waals surface area contributed by atoms with Crippen molar-refractivity contribution in [2.75, 3.05) is 13.7 Å². The van der Waals surface area contributed by atoms with Gasteiger partial charge in [-0.15, -0.1) is 0 Å². The Labute approximate surface area is 110 Å². The molecule has 0 spiro atoms. The summed E-state index contributed by atoms with van der Waals surface area (Å²) in [5.74, 6) is -0.656. The summed E-state index contributed by atoms with van der Waals surface area (Å²) < 4.78 is 9.59. The number of aliphatic hydroxyl groups excluding tert-OH is 2. The molecule has 0 aliphatic heterocycles. The van der Waals surface area contributed by atoms with Gasteiger partial charge in [0.1, 0.15) is 11.9 Å². The van der Waals surface area contributed by atoms with Crippen LogP contribution in [0.5, 0.6) is 5.75 Å². The van der Waals surface area contributed by atoms with Crippen LogP contribution in [-0.2, 0) is 9.53 Å². The van der Waals surface area contributed by atoms with Crippen molar-refractivity contribution in [3.8, 4) is 5.75 Å². The summed E-state index contributed by atoms with van der Waals surface area (Å²) in [6, 6.07) is 4.25. The van der Waals surface area contributed by atoms with E-state index >= 15 is 0 Å². The van der Waals surface area contributed by atoms with Crippen molar-refractivity contribution < 1.29 is 29.3 Å². The molecular weight excluding hydrogens is 252 g/mol. The zero-order valence-electron chi connectivity index (χ0n) is 10.7. The van der Waals surface area contributed by atoms with Crippen molar-refractivity contribution in [1.82, 2.24) is 0 Å². The molecule has 0 radical (unpaired) electrons. The van der Waals surface area contributed by atoms with Crippen LogP contribution in [0, 0.1) is 0 Å². The molecule has 0 amide bonds. The Bertz CT molecular complexity index is 456. The van der Waals surface area contributed by atoms with E-state index in [0.29, 0.717) is 11.8 Å². The summed E-state index contributed by atoms with van der Waals surface area (Å²) >= 11 is 0. The van der Waals surface area contributed by atoms with Crippen LogP contribution in [0.25, 0.3) is 0 Å². The molecule has 0 aliphatic carbocycles. The zero-order valence-corrected chi connectivity index (χ0v) is 10.7. The van der Waals surface area contributed by atoms with E-state index in [1.54, 1.807) is 6.92 Å². The first-order valence-corrected chi connectivity index (χ1v) is 5.71. The van der Waals surface area contributed by atoms with E-state index in [-0.39, 0.29) is 17.9 Å². The van der Waals surface area contributed by atoms with Gasteiger partial charge in [0, 0.05) is 0 Å². The van der Waals surface area contributed by atoms with Gasteiger partial charge in [0.2, 0.25) is 0 Å². The van der Waals surface area contributed by atoms with E-state index in [1.165, 1.54) is 25.3 Å².